The van der Waals surface area contributed by atoms with Gasteiger partial charge in [-0.25, -0.2) is 14.8 Å². The van der Waals surface area contributed by atoms with Gasteiger partial charge in [0.15, 0.2) is 5.15 Å². The summed E-state index contributed by atoms with van der Waals surface area (Å²) in [6, 6.07) is 8.92. The molecule has 0 amide bonds. The first kappa shape index (κ1) is 17.0. The van der Waals surface area contributed by atoms with Crippen molar-refractivity contribution < 1.29 is 9.53 Å². The Hall–Kier alpha value is -2.80. The van der Waals surface area contributed by atoms with Crippen molar-refractivity contribution in [3.63, 3.8) is 0 Å². The molecule has 0 atom stereocenters. The van der Waals surface area contributed by atoms with Crippen molar-refractivity contribution in [2.24, 2.45) is 4.99 Å². The van der Waals surface area contributed by atoms with Gasteiger partial charge in [0.2, 0.25) is 0 Å². The number of halogens is 1. The molecule has 1 aliphatic heterocycles. The second-order valence-electron chi connectivity index (χ2n) is 5.66. The number of nitrogens with two attached hydrogens (primary N) is 1. The number of carbonyl (C=O) groups excluding carboxylic acids is 1. The summed E-state index contributed by atoms with van der Waals surface area (Å²) in [4.78, 5) is 22.2. The third-order valence-corrected chi connectivity index (χ3v) is 4.14. The number of aromatic nitrogens is 1. The zero-order valence-electron chi connectivity index (χ0n) is 13.9. The molecule has 3 N–H and O–H groups in total. The minimum atomic E-state index is -0.354. The average Bonchev–Trinajstić information content (AvgIpc) is 2.61. The number of nitrogen functional groups attached to an aromatic ring is 1. The van der Waals surface area contributed by atoms with Crippen LogP contribution in [-0.2, 0) is 4.74 Å². The number of pyridine rings is 1. The Morgan fingerprint density at radius 1 is 1.40 bits per heavy atom. The lowest BCUT2D eigenvalue weighted by Crippen LogP contribution is -2.31. The molecule has 0 aliphatic carbocycles. The molecule has 0 saturated carbocycles. The summed E-state index contributed by atoms with van der Waals surface area (Å²) >= 11 is 6.13. The van der Waals surface area contributed by atoms with Crippen molar-refractivity contribution in [2.75, 3.05) is 43.2 Å². The summed E-state index contributed by atoms with van der Waals surface area (Å²) in [7, 11) is 3.32. The maximum absolute atomic E-state index is 11.5. The Morgan fingerprint density at radius 2 is 2.12 bits per heavy atom. The molecule has 2 aromatic rings. The zero-order chi connectivity index (χ0) is 18.0. The van der Waals surface area contributed by atoms with E-state index < -0.39 is 0 Å². The number of aliphatic imine (C=N–C) groups is 1. The summed E-state index contributed by atoms with van der Waals surface area (Å²) in [5.41, 5.74) is 9.47. The molecule has 0 unspecified atom stereocenters. The van der Waals surface area contributed by atoms with E-state index in [0.29, 0.717) is 30.2 Å². The van der Waals surface area contributed by atoms with Crippen LogP contribution >= 0.6 is 11.6 Å². The lowest BCUT2D eigenvalue weighted by molar-refractivity contribution is 0.0601. The maximum atomic E-state index is 11.5. The molecular formula is C17H18ClN5O2. The van der Waals surface area contributed by atoms with E-state index in [9.17, 15) is 4.79 Å². The zero-order valence-corrected chi connectivity index (χ0v) is 14.7. The molecule has 1 aliphatic rings. The Bertz CT molecular complexity index is 836. The lowest BCUT2D eigenvalue weighted by atomic mass is 10.2. The Kier molecular flexibility index (Phi) is 4.76. The van der Waals surface area contributed by atoms with Gasteiger partial charge in [-0.3, -0.25) is 0 Å². The first-order valence-corrected chi connectivity index (χ1v) is 8.01. The van der Waals surface area contributed by atoms with E-state index in [-0.39, 0.29) is 11.1 Å². The molecular weight excluding hydrogens is 342 g/mol. The number of benzene rings is 1. The van der Waals surface area contributed by atoms with Crippen LogP contribution in [0.2, 0.25) is 5.15 Å². The number of nitrogens with zero attached hydrogens (tertiary/aromatic N) is 3. The standard InChI is InChI=1S/C17H18ClN5O2/c1-23(12-5-3-10(4-6-12)17(24)25-2)9-11-8-20-13-7-14(19)22-16(18)15(13)21-11/h3-7,20H,8-9H2,1-2H3,(H2,19,22). The third-order valence-electron chi connectivity index (χ3n) is 3.87. The van der Waals surface area contributed by atoms with Crippen LogP contribution in [0.1, 0.15) is 10.4 Å². The molecule has 8 heteroatoms. The quantitative estimate of drug-likeness (QED) is 0.644. The fraction of sp³-hybridized carbons (Fsp3) is 0.235. The van der Waals surface area contributed by atoms with Gasteiger partial charge < -0.3 is 20.7 Å². The third kappa shape index (κ3) is 3.66. The van der Waals surface area contributed by atoms with Gasteiger partial charge in [-0.15, -0.1) is 0 Å². The predicted octanol–water partition coefficient (Wildman–Crippen LogP) is 2.74. The van der Waals surface area contributed by atoms with Crippen molar-refractivity contribution >= 4 is 46.2 Å². The van der Waals surface area contributed by atoms with Crippen molar-refractivity contribution in [3.8, 4) is 0 Å². The number of rotatable bonds is 4. The molecule has 2 heterocycles. The van der Waals surface area contributed by atoms with E-state index >= 15 is 0 Å². The lowest BCUT2D eigenvalue weighted by Gasteiger charge is -2.24. The number of anilines is 3. The van der Waals surface area contributed by atoms with Gasteiger partial charge in [0.25, 0.3) is 0 Å². The van der Waals surface area contributed by atoms with Crippen LogP contribution in [0.15, 0.2) is 35.3 Å². The van der Waals surface area contributed by atoms with Crippen LogP contribution in [-0.4, -0.2) is 43.9 Å². The number of esters is 1. The van der Waals surface area contributed by atoms with Crippen LogP contribution in [0.3, 0.4) is 0 Å². The molecule has 25 heavy (non-hydrogen) atoms. The highest BCUT2D eigenvalue weighted by molar-refractivity contribution is 6.33. The fourth-order valence-corrected chi connectivity index (χ4v) is 2.83. The van der Waals surface area contributed by atoms with E-state index in [1.807, 2.05) is 24.1 Å². The predicted molar refractivity (Wildman–Crippen MR) is 100 cm³/mol. The molecule has 130 valence electrons. The summed E-state index contributed by atoms with van der Waals surface area (Å²) in [6.07, 6.45) is 0. The molecule has 1 aromatic carbocycles. The van der Waals surface area contributed by atoms with Gasteiger partial charge in [0.1, 0.15) is 11.5 Å². The van der Waals surface area contributed by atoms with Crippen LogP contribution in [0.5, 0.6) is 0 Å². The van der Waals surface area contributed by atoms with E-state index in [2.05, 4.69) is 15.3 Å². The second kappa shape index (κ2) is 6.98. The van der Waals surface area contributed by atoms with Crippen LogP contribution in [0.4, 0.5) is 22.9 Å². The first-order chi connectivity index (χ1) is 12.0. The Labute approximate surface area is 150 Å². The van der Waals surface area contributed by atoms with Crippen LogP contribution in [0.25, 0.3) is 0 Å². The van der Waals surface area contributed by atoms with Gasteiger partial charge in [-0.05, 0) is 24.3 Å². The van der Waals surface area contributed by atoms with Crippen LogP contribution < -0.4 is 16.0 Å². The number of ether oxygens (including phenoxy) is 1. The van der Waals surface area contributed by atoms with Crippen molar-refractivity contribution in [1.82, 2.24) is 4.98 Å². The Balaban J connectivity index is 1.76. The molecule has 0 saturated heterocycles. The number of fused-ring (bicyclic) bond motifs is 1. The molecule has 1 aromatic heterocycles. The first-order valence-electron chi connectivity index (χ1n) is 7.64. The summed E-state index contributed by atoms with van der Waals surface area (Å²) in [5.74, 6) is 0.00537. The van der Waals surface area contributed by atoms with Crippen molar-refractivity contribution in [2.45, 2.75) is 0 Å². The van der Waals surface area contributed by atoms with Crippen molar-refractivity contribution in [3.05, 3.63) is 41.0 Å². The van der Waals surface area contributed by atoms with Gasteiger partial charge >= 0.3 is 5.97 Å². The molecule has 0 bridgehead atoms. The summed E-state index contributed by atoms with van der Waals surface area (Å²) in [5, 5.41) is 3.54. The van der Waals surface area contributed by atoms with Gasteiger partial charge in [-0.1, -0.05) is 11.6 Å². The minimum Gasteiger partial charge on any atom is -0.465 e. The Morgan fingerprint density at radius 3 is 2.80 bits per heavy atom. The second-order valence-corrected chi connectivity index (χ2v) is 6.02. The highest BCUT2D eigenvalue weighted by Crippen LogP contribution is 2.35. The maximum Gasteiger partial charge on any atom is 0.337 e. The highest BCUT2D eigenvalue weighted by Gasteiger charge is 2.17. The molecule has 0 fully saturated rings. The number of carbonyl (C=O) groups is 1. The van der Waals surface area contributed by atoms with Crippen LogP contribution in [0, 0.1) is 0 Å². The fourth-order valence-electron chi connectivity index (χ4n) is 2.59. The van der Waals surface area contributed by atoms with E-state index in [0.717, 1.165) is 17.1 Å². The highest BCUT2D eigenvalue weighted by atomic mass is 35.5. The minimum absolute atomic E-state index is 0.282. The largest absolute Gasteiger partial charge is 0.465 e. The number of hydrogen-bond donors (Lipinski definition) is 2. The number of methoxy groups -OCH3 is 1. The molecule has 7 nitrogen and oxygen atoms in total. The van der Waals surface area contributed by atoms with Gasteiger partial charge in [-0.2, -0.15) is 0 Å². The van der Waals surface area contributed by atoms with E-state index in [1.165, 1.54) is 7.11 Å². The monoisotopic (exact) mass is 359 g/mol. The normalized spacial score (nSPS) is 12.7. The molecule has 0 spiro atoms. The van der Waals surface area contributed by atoms with Gasteiger partial charge in [0, 0.05) is 18.8 Å². The topological polar surface area (TPSA) is 92.8 Å². The van der Waals surface area contributed by atoms with Gasteiger partial charge in [0.05, 0.1) is 37.2 Å². The van der Waals surface area contributed by atoms with E-state index in [4.69, 9.17) is 22.1 Å². The molecule has 0 radical (unpaired) electrons. The number of nitrogens with one attached hydrogen (secondary N) is 1. The van der Waals surface area contributed by atoms with Crippen molar-refractivity contribution in [1.29, 1.82) is 0 Å². The summed E-state index contributed by atoms with van der Waals surface area (Å²) in [6.45, 7) is 1.20. The summed E-state index contributed by atoms with van der Waals surface area (Å²) < 4.78 is 4.70. The van der Waals surface area contributed by atoms with E-state index in [1.54, 1.807) is 18.2 Å². The SMILES string of the molecule is COC(=O)c1ccc(N(C)CC2=Nc3c(cc(N)nc3Cl)NC2)cc1. The average molecular weight is 360 g/mol. The molecule has 3 rings (SSSR count). The number of hydrogen-bond acceptors (Lipinski definition) is 7. The smallest absolute Gasteiger partial charge is 0.337 e.